The maximum atomic E-state index is 12.4. The number of nitrogens with zero attached hydrogens (tertiary/aromatic N) is 1. The average Bonchev–Trinajstić information content (AvgIpc) is 2.84. The molecular weight excluding hydrogens is 340 g/mol. The lowest BCUT2D eigenvalue weighted by atomic mass is 10.1. The molecular formula is C18H22N2O4S. The topological polar surface area (TPSA) is 75.7 Å². The molecule has 6 nitrogen and oxygen atoms in total. The molecule has 1 fully saturated rings. The van der Waals surface area contributed by atoms with E-state index in [0.29, 0.717) is 5.03 Å². The lowest BCUT2D eigenvalue weighted by molar-refractivity contribution is -0.137. The Morgan fingerprint density at radius 1 is 1.28 bits per heavy atom. The number of esters is 1. The van der Waals surface area contributed by atoms with E-state index in [9.17, 15) is 14.4 Å². The van der Waals surface area contributed by atoms with Gasteiger partial charge in [0.2, 0.25) is 11.8 Å². The Kier molecular flexibility index (Phi) is 6.25. The summed E-state index contributed by atoms with van der Waals surface area (Å²) >= 11 is 1.23. The number of ether oxygens (including phenoxy) is 1. The van der Waals surface area contributed by atoms with Crippen LogP contribution in [0.2, 0.25) is 0 Å². The van der Waals surface area contributed by atoms with Crippen LogP contribution in [0.5, 0.6) is 0 Å². The quantitative estimate of drug-likeness (QED) is 0.643. The van der Waals surface area contributed by atoms with Gasteiger partial charge in [-0.15, -0.1) is 0 Å². The van der Waals surface area contributed by atoms with Crippen LogP contribution >= 0.6 is 11.8 Å². The fourth-order valence-electron chi connectivity index (χ4n) is 2.68. The molecule has 0 aromatic heterocycles. The van der Waals surface area contributed by atoms with Gasteiger partial charge in [0, 0.05) is 5.69 Å². The first-order valence-corrected chi connectivity index (χ1v) is 8.99. The number of amides is 2. The van der Waals surface area contributed by atoms with Gasteiger partial charge in [0.1, 0.15) is 6.54 Å². The molecule has 0 bridgehead atoms. The van der Waals surface area contributed by atoms with Crippen LogP contribution in [0, 0.1) is 20.8 Å². The van der Waals surface area contributed by atoms with E-state index in [1.54, 1.807) is 6.92 Å². The van der Waals surface area contributed by atoms with E-state index in [2.05, 4.69) is 5.32 Å². The molecule has 7 heteroatoms. The molecule has 2 amide bonds. The van der Waals surface area contributed by atoms with E-state index in [0.717, 1.165) is 22.4 Å². The van der Waals surface area contributed by atoms with E-state index in [1.165, 1.54) is 22.7 Å². The minimum absolute atomic E-state index is 0.135. The van der Waals surface area contributed by atoms with Crippen LogP contribution in [0.4, 0.5) is 5.69 Å². The first kappa shape index (κ1) is 19.1. The average molecular weight is 362 g/mol. The van der Waals surface area contributed by atoms with Crippen molar-refractivity contribution in [3.63, 3.8) is 0 Å². The highest BCUT2D eigenvalue weighted by molar-refractivity contribution is 8.04. The highest BCUT2D eigenvalue weighted by atomic mass is 32.2. The van der Waals surface area contributed by atoms with Crippen LogP contribution in [-0.2, 0) is 19.1 Å². The van der Waals surface area contributed by atoms with Crippen molar-refractivity contribution in [3.05, 3.63) is 39.9 Å². The Balaban J connectivity index is 2.11. The molecule has 1 aliphatic heterocycles. The van der Waals surface area contributed by atoms with Gasteiger partial charge in [0.05, 0.1) is 23.5 Å². The Bertz CT molecular complexity index is 720. The number of nitrogens with one attached hydrogen (secondary N) is 1. The second kappa shape index (κ2) is 8.20. The van der Waals surface area contributed by atoms with E-state index in [1.807, 2.05) is 32.9 Å². The van der Waals surface area contributed by atoms with Gasteiger partial charge in [-0.1, -0.05) is 29.5 Å². The summed E-state index contributed by atoms with van der Waals surface area (Å²) < 4.78 is 4.86. The molecule has 1 heterocycles. The van der Waals surface area contributed by atoms with E-state index in [-0.39, 0.29) is 30.7 Å². The zero-order valence-corrected chi connectivity index (χ0v) is 15.7. The van der Waals surface area contributed by atoms with Gasteiger partial charge in [-0.2, -0.15) is 0 Å². The summed E-state index contributed by atoms with van der Waals surface area (Å²) in [5.41, 5.74) is 3.81. The van der Waals surface area contributed by atoms with Gasteiger partial charge in [0.25, 0.3) is 0 Å². The van der Waals surface area contributed by atoms with E-state index < -0.39 is 5.97 Å². The standard InChI is InChI=1S/C18H22N2O4S/c1-5-24-17(23)8-16-20(15(22)10-25-16)9-14(21)19-18-12(3)6-11(2)7-13(18)4/h6-8H,5,9-10H2,1-4H3,(H,19,21)/b16-8-. The van der Waals surface area contributed by atoms with Gasteiger partial charge in [-0.3, -0.25) is 14.5 Å². The number of hydrogen-bond donors (Lipinski definition) is 1. The van der Waals surface area contributed by atoms with Crippen LogP contribution < -0.4 is 5.32 Å². The molecule has 0 unspecified atom stereocenters. The fraction of sp³-hybridized carbons (Fsp3) is 0.389. The maximum absolute atomic E-state index is 12.4. The maximum Gasteiger partial charge on any atom is 0.333 e. The molecule has 25 heavy (non-hydrogen) atoms. The third-order valence-corrected chi connectivity index (χ3v) is 4.71. The van der Waals surface area contributed by atoms with Crippen molar-refractivity contribution in [2.24, 2.45) is 0 Å². The molecule has 0 atom stereocenters. The van der Waals surface area contributed by atoms with Gasteiger partial charge >= 0.3 is 5.97 Å². The summed E-state index contributed by atoms with van der Waals surface area (Å²) in [6.45, 7) is 7.69. The minimum Gasteiger partial charge on any atom is -0.463 e. The SMILES string of the molecule is CCOC(=O)/C=C1\SCC(=O)N1CC(=O)Nc1c(C)cc(C)cc1C. The number of rotatable bonds is 5. The van der Waals surface area contributed by atoms with Gasteiger partial charge in [-0.05, 0) is 38.8 Å². The highest BCUT2D eigenvalue weighted by Gasteiger charge is 2.29. The number of hydrogen-bond acceptors (Lipinski definition) is 5. The zero-order valence-electron chi connectivity index (χ0n) is 14.8. The highest BCUT2D eigenvalue weighted by Crippen LogP contribution is 2.29. The van der Waals surface area contributed by atoms with Crippen molar-refractivity contribution in [1.29, 1.82) is 0 Å². The first-order chi connectivity index (χ1) is 11.8. The third kappa shape index (κ3) is 4.85. The molecule has 1 N–H and O–H groups in total. The molecule has 0 spiro atoms. The van der Waals surface area contributed by atoms with Gasteiger partial charge < -0.3 is 10.1 Å². The van der Waals surface area contributed by atoms with Crippen LogP contribution in [-0.4, -0.2) is 41.6 Å². The molecule has 2 rings (SSSR count). The summed E-state index contributed by atoms with van der Waals surface area (Å²) in [5.74, 6) is -0.815. The molecule has 0 radical (unpaired) electrons. The zero-order chi connectivity index (χ0) is 18.6. The third-order valence-electron chi connectivity index (χ3n) is 3.68. The van der Waals surface area contributed by atoms with Crippen molar-refractivity contribution < 1.29 is 19.1 Å². The van der Waals surface area contributed by atoms with E-state index >= 15 is 0 Å². The van der Waals surface area contributed by atoms with Crippen molar-refractivity contribution in [2.45, 2.75) is 27.7 Å². The molecule has 0 saturated carbocycles. The van der Waals surface area contributed by atoms with Crippen LogP contribution in [0.15, 0.2) is 23.2 Å². The van der Waals surface area contributed by atoms with E-state index in [4.69, 9.17) is 4.74 Å². The summed E-state index contributed by atoms with van der Waals surface area (Å²) in [7, 11) is 0. The number of carbonyl (C=O) groups excluding carboxylic acids is 3. The predicted molar refractivity (Wildman–Crippen MR) is 98.2 cm³/mol. The van der Waals surface area contributed by atoms with Gasteiger partial charge in [-0.25, -0.2) is 4.79 Å². The van der Waals surface area contributed by atoms with Crippen molar-refractivity contribution in [2.75, 3.05) is 24.2 Å². The Hall–Kier alpha value is -2.28. The smallest absolute Gasteiger partial charge is 0.333 e. The number of carbonyl (C=O) groups is 3. The lowest BCUT2D eigenvalue weighted by Gasteiger charge is -2.18. The monoisotopic (exact) mass is 362 g/mol. The van der Waals surface area contributed by atoms with Crippen LogP contribution in [0.1, 0.15) is 23.6 Å². The summed E-state index contributed by atoms with van der Waals surface area (Å²) in [6.07, 6.45) is 1.26. The van der Waals surface area contributed by atoms with Crippen LogP contribution in [0.3, 0.4) is 0 Å². The largest absolute Gasteiger partial charge is 0.463 e. The molecule has 1 saturated heterocycles. The number of aryl methyl sites for hydroxylation is 3. The molecule has 1 aromatic carbocycles. The molecule has 1 aliphatic rings. The van der Waals surface area contributed by atoms with Crippen molar-refractivity contribution in [1.82, 2.24) is 4.90 Å². The first-order valence-electron chi connectivity index (χ1n) is 8.01. The minimum atomic E-state index is -0.518. The van der Waals surface area contributed by atoms with Gasteiger partial charge in [0.15, 0.2) is 0 Å². The Labute approximate surface area is 151 Å². The Morgan fingerprint density at radius 3 is 2.52 bits per heavy atom. The molecule has 134 valence electrons. The number of thioether (sulfide) groups is 1. The summed E-state index contributed by atoms with van der Waals surface area (Å²) in [4.78, 5) is 37.3. The number of benzene rings is 1. The van der Waals surface area contributed by atoms with Crippen molar-refractivity contribution >= 4 is 35.2 Å². The molecule has 1 aromatic rings. The Morgan fingerprint density at radius 2 is 1.92 bits per heavy atom. The summed E-state index contributed by atoms with van der Waals surface area (Å²) in [5, 5.41) is 3.31. The second-order valence-corrected chi connectivity index (χ2v) is 6.82. The predicted octanol–water partition coefficient (Wildman–Crippen LogP) is 2.53. The number of anilines is 1. The van der Waals surface area contributed by atoms with Crippen molar-refractivity contribution in [3.8, 4) is 0 Å². The lowest BCUT2D eigenvalue weighted by Crippen LogP contribution is -2.34. The van der Waals surface area contributed by atoms with Crippen LogP contribution in [0.25, 0.3) is 0 Å². The fourth-order valence-corrected chi connectivity index (χ4v) is 3.61. The molecule has 0 aliphatic carbocycles. The summed E-state index contributed by atoms with van der Waals surface area (Å²) in [6, 6.07) is 3.98. The normalized spacial score (nSPS) is 15.6. The second-order valence-electron chi connectivity index (χ2n) is 5.83.